The standard InChI is InChI=1S/C6H10N2O2/c7-4(3-9)5-1-2-6(10)8-5/h1-2,4,8-10H,3,7H2. The van der Waals surface area contributed by atoms with Crippen molar-refractivity contribution < 1.29 is 10.2 Å². The Balaban J connectivity index is 2.74. The Hall–Kier alpha value is -1.00. The van der Waals surface area contributed by atoms with E-state index in [2.05, 4.69) is 4.98 Å². The van der Waals surface area contributed by atoms with Gasteiger partial charge >= 0.3 is 0 Å². The first-order valence-corrected chi connectivity index (χ1v) is 2.98. The number of aliphatic hydroxyl groups is 1. The highest BCUT2D eigenvalue weighted by atomic mass is 16.3. The van der Waals surface area contributed by atoms with Crippen molar-refractivity contribution in [3.63, 3.8) is 0 Å². The van der Waals surface area contributed by atoms with Crippen LogP contribution in [0.25, 0.3) is 0 Å². The topological polar surface area (TPSA) is 82.3 Å². The Morgan fingerprint density at radius 1 is 1.60 bits per heavy atom. The molecule has 4 heteroatoms. The summed E-state index contributed by atoms with van der Waals surface area (Å²) in [5.41, 5.74) is 6.05. The van der Waals surface area contributed by atoms with E-state index in [1.807, 2.05) is 0 Å². The van der Waals surface area contributed by atoms with Crippen LogP contribution in [0.4, 0.5) is 0 Å². The summed E-state index contributed by atoms with van der Waals surface area (Å²) in [5.74, 6) is 0.0684. The largest absolute Gasteiger partial charge is 0.495 e. The van der Waals surface area contributed by atoms with Gasteiger partial charge in [-0.05, 0) is 12.1 Å². The molecular weight excluding hydrogens is 132 g/mol. The van der Waals surface area contributed by atoms with Crippen LogP contribution in [0.1, 0.15) is 11.7 Å². The number of hydrogen-bond acceptors (Lipinski definition) is 3. The van der Waals surface area contributed by atoms with Crippen LogP contribution in [0.3, 0.4) is 0 Å². The molecule has 1 atom stereocenters. The molecular formula is C6H10N2O2. The third kappa shape index (κ3) is 1.29. The Bertz CT molecular complexity index is 209. The molecule has 0 fully saturated rings. The molecule has 5 N–H and O–H groups in total. The van der Waals surface area contributed by atoms with Gasteiger partial charge in [-0.2, -0.15) is 0 Å². The van der Waals surface area contributed by atoms with Gasteiger partial charge < -0.3 is 20.9 Å². The first kappa shape index (κ1) is 7.11. The number of nitrogens with one attached hydrogen (secondary N) is 1. The molecule has 1 aromatic rings. The number of H-pyrrole nitrogens is 1. The summed E-state index contributed by atoms with van der Waals surface area (Å²) >= 11 is 0. The lowest BCUT2D eigenvalue weighted by Crippen LogP contribution is -2.14. The molecule has 0 radical (unpaired) electrons. The van der Waals surface area contributed by atoms with Crippen molar-refractivity contribution >= 4 is 0 Å². The third-order valence-electron chi connectivity index (χ3n) is 1.29. The van der Waals surface area contributed by atoms with Crippen molar-refractivity contribution in [1.82, 2.24) is 4.98 Å². The number of rotatable bonds is 2. The van der Waals surface area contributed by atoms with Gasteiger partial charge in [0.15, 0.2) is 5.88 Å². The second kappa shape index (κ2) is 2.72. The van der Waals surface area contributed by atoms with Crippen molar-refractivity contribution in [1.29, 1.82) is 0 Å². The second-order valence-electron chi connectivity index (χ2n) is 2.09. The van der Waals surface area contributed by atoms with E-state index in [9.17, 15) is 0 Å². The Kier molecular flexibility index (Phi) is 1.94. The van der Waals surface area contributed by atoms with Crippen molar-refractivity contribution in [2.24, 2.45) is 5.73 Å². The lowest BCUT2D eigenvalue weighted by atomic mass is 10.2. The zero-order valence-corrected chi connectivity index (χ0v) is 5.41. The van der Waals surface area contributed by atoms with E-state index >= 15 is 0 Å². The average molecular weight is 142 g/mol. The molecule has 1 aromatic heterocycles. The minimum Gasteiger partial charge on any atom is -0.495 e. The van der Waals surface area contributed by atoms with Crippen LogP contribution < -0.4 is 5.73 Å². The zero-order chi connectivity index (χ0) is 7.56. The Morgan fingerprint density at radius 2 is 2.30 bits per heavy atom. The maximum absolute atomic E-state index is 8.80. The minimum absolute atomic E-state index is 0.0684. The molecule has 4 nitrogen and oxygen atoms in total. The van der Waals surface area contributed by atoms with E-state index in [0.29, 0.717) is 5.69 Å². The lowest BCUT2D eigenvalue weighted by Gasteiger charge is -2.03. The van der Waals surface area contributed by atoms with Crippen molar-refractivity contribution in [3.05, 3.63) is 17.8 Å². The van der Waals surface area contributed by atoms with Gasteiger partial charge in [-0.25, -0.2) is 0 Å². The normalized spacial score (nSPS) is 13.4. The van der Waals surface area contributed by atoms with E-state index in [1.165, 1.54) is 6.07 Å². The quantitative estimate of drug-likeness (QED) is 0.458. The van der Waals surface area contributed by atoms with Crippen LogP contribution >= 0.6 is 0 Å². The number of nitrogens with two attached hydrogens (primary N) is 1. The lowest BCUT2D eigenvalue weighted by molar-refractivity contribution is 0.265. The first-order chi connectivity index (χ1) is 4.74. The molecule has 0 amide bonds. The number of aromatic amines is 1. The van der Waals surface area contributed by atoms with Crippen molar-refractivity contribution in [2.75, 3.05) is 6.61 Å². The molecule has 56 valence electrons. The highest BCUT2D eigenvalue weighted by Crippen LogP contribution is 2.12. The monoisotopic (exact) mass is 142 g/mol. The zero-order valence-electron chi connectivity index (χ0n) is 5.41. The Labute approximate surface area is 58.3 Å². The molecule has 1 unspecified atom stereocenters. The van der Waals surface area contributed by atoms with E-state index in [0.717, 1.165) is 0 Å². The number of hydrogen-bond donors (Lipinski definition) is 4. The summed E-state index contributed by atoms with van der Waals surface area (Å²) in [7, 11) is 0. The summed E-state index contributed by atoms with van der Waals surface area (Å²) in [6.07, 6.45) is 0. The SMILES string of the molecule is NC(CO)c1ccc(O)[nH]1. The highest BCUT2D eigenvalue weighted by Gasteiger charge is 2.04. The molecule has 1 heterocycles. The van der Waals surface area contributed by atoms with Gasteiger partial charge in [0.1, 0.15) is 0 Å². The number of aliphatic hydroxyl groups excluding tert-OH is 1. The average Bonchev–Trinajstić information content (AvgIpc) is 2.34. The van der Waals surface area contributed by atoms with Crippen LogP contribution in [0, 0.1) is 0 Å². The highest BCUT2D eigenvalue weighted by molar-refractivity contribution is 5.18. The van der Waals surface area contributed by atoms with Crippen LogP contribution in [-0.4, -0.2) is 21.8 Å². The molecule has 0 spiro atoms. The van der Waals surface area contributed by atoms with Crippen LogP contribution in [0.5, 0.6) is 5.88 Å². The van der Waals surface area contributed by atoms with E-state index in [-0.39, 0.29) is 12.5 Å². The van der Waals surface area contributed by atoms with Gasteiger partial charge in [0, 0.05) is 5.69 Å². The van der Waals surface area contributed by atoms with Crippen LogP contribution in [0.2, 0.25) is 0 Å². The van der Waals surface area contributed by atoms with Gasteiger partial charge in [0.2, 0.25) is 0 Å². The van der Waals surface area contributed by atoms with Crippen LogP contribution in [-0.2, 0) is 0 Å². The van der Waals surface area contributed by atoms with E-state index in [4.69, 9.17) is 15.9 Å². The molecule has 10 heavy (non-hydrogen) atoms. The molecule has 0 aliphatic heterocycles. The van der Waals surface area contributed by atoms with Gasteiger partial charge in [-0.1, -0.05) is 0 Å². The van der Waals surface area contributed by atoms with Crippen LogP contribution in [0.15, 0.2) is 12.1 Å². The summed E-state index contributed by atoms with van der Waals surface area (Å²) in [4.78, 5) is 2.60. The molecule has 0 saturated heterocycles. The van der Waals surface area contributed by atoms with Gasteiger partial charge in [-0.15, -0.1) is 0 Å². The fourth-order valence-electron chi connectivity index (χ4n) is 0.715. The molecule has 0 bridgehead atoms. The van der Waals surface area contributed by atoms with Crippen molar-refractivity contribution in [3.8, 4) is 5.88 Å². The number of aromatic nitrogens is 1. The summed E-state index contributed by atoms with van der Waals surface area (Å²) in [6.45, 7) is -0.125. The summed E-state index contributed by atoms with van der Waals surface area (Å²) < 4.78 is 0. The predicted molar refractivity (Wildman–Crippen MR) is 36.5 cm³/mol. The minimum atomic E-state index is -0.430. The van der Waals surface area contributed by atoms with Crippen molar-refractivity contribution in [2.45, 2.75) is 6.04 Å². The summed E-state index contributed by atoms with van der Waals surface area (Å²) in [6, 6.07) is 2.70. The first-order valence-electron chi connectivity index (χ1n) is 2.98. The molecule has 1 rings (SSSR count). The van der Waals surface area contributed by atoms with Gasteiger partial charge in [0.05, 0.1) is 12.6 Å². The Morgan fingerprint density at radius 3 is 2.70 bits per heavy atom. The van der Waals surface area contributed by atoms with E-state index in [1.54, 1.807) is 6.07 Å². The van der Waals surface area contributed by atoms with Gasteiger partial charge in [-0.3, -0.25) is 0 Å². The molecule has 0 aliphatic rings. The molecule has 0 aromatic carbocycles. The third-order valence-corrected chi connectivity index (χ3v) is 1.29. The maximum atomic E-state index is 8.80. The molecule has 0 saturated carbocycles. The summed E-state index contributed by atoms with van der Waals surface area (Å²) in [5, 5.41) is 17.4. The predicted octanol–water partition coefficient (Wildman–Crippen LogP) is -0.288. The van der Waals surface area contributed by atoms with Gasteiger partial charge in [0.25, 0.3) is 0 Å². The molecule has 0 aliphatic carbocycles. The maximum Gasteiger partial charge on any atom is 0.188 e. The fraction of sp³-hybridized carbons (Fsp3) is 0.333. The van der Waals surface area contributed by atoms with E-state index < -0.39 is 6.04 Å². The number of aromatic hydroxyl groups is 1. The smallest absolute Gasteiger partial charge is 0.188 e. The second-order valence-corrected chi connectivity index (χ2v) is 2.09. The fourth-order valence-corrected chi connectivity index (χ4v) is 0.715.